The number of rotatable bonds is 3. The maximum Gasteiger partial charge on any atom is 0.326 e. The van der Waals surface area contributed by atoms with Crippen LogP contribution in [0.15, 0.2) is 0 Å². The van der Waals surface area contributed by atoms with E-state index < -0.39 is 23.5 Å². The number of carboxylic acid groups (broad SMARTS) is 1. The van der Waals surface area contributed by atoms with Crippen molar-refractivity contribution >= 4 is 11.9 Å². The van der Waals surface area contributed by atoms with Gasteiger partial charge in [0.25, 0.3) is 0 Å². The van der Waals surface area contributed by atoms with Gasteiger partial charge in [0.1, 0.15) is 6.04 Å². The molecule has 1 rings (SSSR count). The summed E-state index contributed by atoms with van der Waals surface area (Å²) in [6.07, 6.45) is 0.0799. The Morgan fingerprint density at radius 1 is 1.44 bits per heavy atom. The van der Waals surface area contributed by atoms with E-state index in [1.165, 1.54) is 12.0 Å². The number of aliphatic carboxylic acids is 1. The van der Waals surface area contributed by atoms with Crippen molar-refractivity contribution in [2.24, 2.45) is 11.1 Å². The van der Waals surface area contributed by atoms with E-state index in [2.05, 4.69) is 0 Å². The second-order valence-corrected chi connectivity index (χ2v) is 5.78. The lowest BCUT2D eigenvalue weighted by atomic mass is 9.86. The molecule has 1 amide bonds. The average Bonchev–Trinajstić information content (AvgIpc) is 2.69. The van der Waals surface area contributed by atoms with E-state index in [0.29, 0.717) is 6.42 Å². The first-order valence-electron chi connectivity index (χ1n) is 6.00. The molecule has 1 aliphatic rings. The van der Waals surface area contributed by atoms with Crippen LogP contribution in [0.4, 0.5) is 0 Å². The normalized spacial score (nSPS) is 26.2. The Morgan fingerprint density at radius 3 is 2.39 bits per heavy atom. The first-order valence-corrected chi connectivity index (χ1v) is 6.00. The zero-order valence-electron chi connectivity index (χ0n) is 11.3. The van der Waals surface area contributed by atoms with Crippen LogP contribution in [0, 0.1) is 5.41 Å². The molecular weight excluding hydrogens is 236 g/mol. The Bertz CT molecular complexity index is 337. The summed E-state index contributed by atoms with van der Waals surface area (Å²) in [6, 6.07) is -1.55. The minimum Gasteiger partial charge on any atom is -0.480 e. The predicted molar refractivity (Wildman–Crippen MR) is 66.0 cm³/mol. The highest BCUT2D eigenvalue weighted by Crippen LogP contribution is 2.25. The van der Waals surface area contributed by atoms with E-state index in [1.54, 1.807) is 0 Å². The smallest absolute Gasteiger partial charge is 0.326 e. The molecule has 104 valence electrons. The van der Waals surface area contributed by atoms with Crippen LogP contribution in [0.5, 0.6) is 0 Å². The molecule has 1 aliphatic heterocycles. The molecule has 3 N–H and O–H groups in total. The second kappa shape index (κ2) is 5.24. The molecule has 0 aliphatic carbocycles. The lowest BCUT2D eigenvalue weighted by Crippen LogP contribution is -2.53. The van der Waals surface area contributed by atoms with Gasteiger partial charge in [0.15, 0.2) is 0 Å². The number of carbonyl (C=O) groups excluding carboxylic acids is 1. The van der Waals surface area contributed by atoms with E-state index in [-0.39, 0.29) is 18.6 Å². The monoisotopic (exact) mass is 258 g/mol. The summed E-state index contributed by atoms with van der Waals surface area (Å²) in [5.74, 6) is -1.33. The van der Waals surface area contributed by atoms with Gasteiger partial charge in [0, 0.05) is 20.1 Å². The van der Waals surface area contributed by atoms with Gasteiger partial charge in [0.05, 0.1) is 12.1 Å². The molecule has 0 saturated carbocycles. The number of hydrogen-bond acceptors (Lipinski definition) is 4. The average molecular weight is 258 g/mol. The molecule has 0 aromatic carbocycles. The van der Waals surface area contributed by atoms with Gasteiger partial charge in [-0.05, 0) is 5.41 Å². The first-order chi connectivity index (χ1) is 8.18. The van der Waals surface area contributed by atoms with Crippen molar-refractivity contribution in [1.82, 2.24) is 4.90 Å². The fourth-order valence-corrected chi connectivity index (χ4v) is 1.99. The van der Waals surface area contributed by atoms with Crippen LogP contribution in [0.3, 0.4) is 0 Å². The summed E-state index contributed by atoms with van der Waals surface area (Å²) in [5.41, 5.74) is 5.50. The Morgan fingerprint density at radius 2 is 2.00 bits per heavy atom. The number of carboxylic acids is 1. The molecule has 0 spiro atoms. The number of amides is 1. The van der Waals surface area contributed by atoms with Crippen LogP contribution in [0.1, 0.15) is 27.2 Å². The van der Waals surface area contributed by atoms with Crippen LogP contribution in [0.25, 0.3) is 0 Å². The van der Waals surface area contributed by atoms with Gasteiger partial charge < -0.3 is 20.5 Å². The first kappa shape index (κ1) is 14.9. The molecule has 0 radical (unpaired) electrons. The topological polar surface area (TPSA) is 92.9 Å². The third kappa shape index (κ3) is 3.00. The number of likely N-dealkylation sites (tertiary alicyclic amines) is 1. The molecule has 1 heterocycles. The molecular formula is C12H22N2O4. The molecule has 1 unspecified atom stereocenters. The Kier molecular flexibility index (Phi) is 4.34. The number of methoxy groups -OCH3 is 1. The predicted octanol–water partition coefficient (Wildman–Crippen LogP) is 0.0603. The fourth-order valence-electron chi connectivity index (χ4n) is 1.99. The highest BCUT2D eigenvalue weighted by Gasteiger charge is 2.43. The molecule has 1 fully saturated rings. The highest BCUT2D eigenvalue weighted by atomic mass is 16.5. The molecule has 3 atom stereocenters. The third-order valence-corrected chi connectivity index (χ3v) is 3.36. The number of ether oxygens (including phenoxy) is 1. The van der Waals surface area contributed by atoms with Crippen molar-refractivity contribution in [3.63, 3.8) is 0 Å². The lowest BCUT2D eigenvalue weighted by Gasteiger charge is -2.31. The van der Waals surface area contributed by atoms with Crippen molar-refractivity contribution in [2.45, 2.75) is 45.4 Å². The molecule has 0 bridgehead atoms. The molecule has 6 nitrogen and oxygen atoms in total. The molecule has 0 aromatic rings. The van der Waals surface area contributed by atoms with Gasteiger partial charge in [-0.3, -0.25) is 4.79 Å². The van der Waals surface area contributed by atoms with Crippen molar-refractivity contribution in [2.75, 3.05) is 13.7 Å². The zero-order chi connectivity index (χ0) is 14.1. The standard InChI is InChI=1S/C12H22N2O4/c1-12(2,3)9(13)10(15)14-6-7(18-4)5-8(14)11(16)17/h7-9H,5-6,13H2,1-4H3,(H,16,17)/t7-,8-,9?/m0/s1. The van der Waals surface area contributed by atoms with Crippen LogP contribution < -0.4 is 5.73 Å². The molecule has 6 heteroatoms. The van der Waals surface area contributed by atoms with E-state index in [4.69, 9.17) is 15.6 Å². The van der Waals surface area contributed by atoms with E-state index >= 15 is 0 Å². The Hall–Kier alpha value is -1.14. The Balaban J connectivity index is 2.86. The van der Waals surface area contributed by atoms with Crippen LogP contribution in [-0.2, 0) is 14.3 Å². The number of carbonyl (C=O) groups is 2. The fraction of sp³-hybridized carbons (Fsp3) is 0.833. The van der Waals surface area contributed by atoms with Crippen molar-refractivity contribution in [3.8, 4) is 0 Å². The SMILES string of the molecule is CO[C@H]1C[C@@H](C(=O)O)N(C(=O)C(N)C(C)(C)C)C1. The number of nitrogens with two attached hydrogens (primary N) is 1. The molecule has 0 aromatic heterocycles. The largest absolute Gasteiger partial charge is 0.480 e. The van der Waals surface area contributed by atoms with Gasteiger partial charge in [-0.25, -0.2) is 4.79 Å². The van der Waals surface area contributed by atoms with Gasteiger partial charge in [-0.2, -0.15) is 0 Å². The minimum absolute atomic E-state index is 0.234. The zero-order valence-corrected chi connectivity index (χ0v) is 11.3. The summed E-state index contributed by atoms with van der Waals surface area (Å²) in [6.45, 7) is 5.86. The lowest BCUT2D eigenvalue weighted by molar-refractivity contribution is -0.149. The summed E-state index contributed by atoms with van der Waals surface area (Å²) in [5, 5.41) is 9.14. The summed E-state index contributed by atoms with van der Waals surface area (Å²) in [4.78, 5) is 24.7. The van der Waals surface area contributed by atoms with E-state index in [0.717, 1.165) is 0 Å². The summed E-state index contributed by atoms with van der Waals surface area (Å²) in [7, 11) is 1.52. The molecule has 1 saturated heterocycles. The highest BCUT2D eigenvalue weighted by molar-refractivity contribution is 5.88. The Labute approximate surface area is 107 Å². The van der Waals surface area contributed by atoms with Gasteiger partial charge in [-0.15, -0.1) is 0 Å². The quantitative estimate of drug-likeness (QED) is 0.746. The van der Waals surface area contributed by atoms with Crippen LogP contribution >= 0.6 is 0 Å². The van der Waals surface area contributed by atoms with Crippen LogP contribution in [0.2, 0.25) is 0 Å². The van der Waals surface area contributed by atoms with E-state index in [1.807, 2.05) is 20.8 Å². The van der Waals surface area contributed by atoms with Crippen molar-refractivity contribution in [3.05, 3.63) is 0 Å². The van der Waals surface area contributed by atoms with Gasteiger partial charge >= 0.3 is 5.97 Å². The summed E-state index contributed by atoms with van der Waals surface area (Å²) < 4.78 is 5.14. The van der Waals surface area contributed by atoms with Crippen LogP contribution in [-0.4, -0.2) is 53.7 Å². The number of hydrogen-bond donors (Lipinski definition) is 2. The minimum atomic E-state index is -1.01. The maximum atomic E-state index is 12.3. The molecule has 18 heavy (non-hydrogen) atoms. The second-order valence-electron chi connectivity index (χ2n) is 5.78. The summed E-state index contributed by atoms with van der Waals surface area (Å²) >= 11 is 0. The van der Waals surface area contributed by atoms with Gasteiger partial charge in [0.2, 0.25) is 5.91 Å². The third-order valence-electron chi connectivity index (χ3n) is 3.36. The maximum absolute atomic E-state index is 12.3. The number of nitrogens with zero attached hydrogens (tertiary/aromatic N) is 1. The van der Waals surface area contributed by atoms with Crippen molar-refractivity contribution < 1.29 is 19.4 Å². The van der Waals surface area contributed by atoms with Gasteiger partial charge in [-0.1, -0.05) is 20.8 Å². The van der Waals surface area contributed by atoms with Crippen molar-refractivity contribution in [1.29, 1.82) is 0 Å². The van der Waals surface area contributed by atoms with E-state index in [9.17, 15) is 9.59 Å².